The maximum absolute atomic E-state index is 13.1. The van der Waals surface area contributed by atoms with Crippen molar-refractivity contribution in [1.29, 1.82) is 0 Å². The summed E-state index contributed by atoms with van der Waals surface area (Å²) in [7, 11) is 1.28. The van der Waals surface area contributed by atoms with Gasteiger partial charge in [0.15, 0.2) is 18.1 Å². The number of carbonyl (C=O) groups excluding carboxylic acids is 3. The van der Waals surface area contributed by atoms with E-state index in [1.807, 2.05) is 49.4 Å². The zero-order chi connectivity index (χ0) is 24.9. The van der Waals surface area contributed by atoms with Gasteiger partial charge in [-0.05, 0) is 80.8 Å². The first-order chi connectivity index (χ1) is 16.9. The van der Waals surface area contributed by atoms with Crippen molar-refractivity contribution in [2.24, 2.45) is 0 Å². The molecule has 1 heterocycles. The molecular weight excluding hydrogens is 534 g/mol. The summed E-state index contributed by atoms with van der Waals surface area (Å²) in [5.41, 5.74) is 1.52. The molecule has 4 rings (SSSR count). The first-order valence-electron chi connectivity index (χ1n) is 10.8. The van der Waals surface area contributed by atoms with Crippen LogP contribution in [0.2, 0.25) is 0 Å². The zero-order valence-corrected chi connectivity index (χ0v) is 21.5. The van der Waals surface area contributed by atoms with Gasteiger partial charge in [-0.15, -0.1) is 0 Å². The molecule has 35 heavy (non-hydrogen) atoms. The van der Waals surface area contributed by atoms with Crippen LogP contribution in [0.15, 0.2) is 64.0 Å². The van der Waals surface area contributed by atoms with Gasteiger partial charge in [0.2, 0.25) is 0 Å². The van der Waals surface area contributed by atoms with Crippen LogP contribution in [0.25, 0.3) is 16.8 Å². The molecule has 2 amide bonds. The second-order valence-electron chi connectivity index (χ2n) is 7.58. The van der Waals surface area contributed by atoms with Gasteiger partial charge in [0.1, 0.15) is 0 Å². The first kappa shape index (κ1) is 24.8. The van der Waals surface area contributed by atoms with Crippen molar-refractivity contribution in [3.8, 4) is 11.5 Å². The Balaban J connectivity index is 1.56. The molecule has 1 aliphatic rings. The lowest BCUT2D eigenvalue weighted by Gasteiger charge is -2.14. The number of ether oxygens (including phenoxy) is 3. The number of halogens is 1. The predicted octanol–water partition coefficient (Wildman–Crippen LogP) is 5.79. The van der Waals surface area contributed by atoms with Gasteiger partial charge in [-0.2, -0.15) is 0 Å². The minimum atomic E-state index is -0.525. The number of thioether (sulfide) groups is 1. The summed E-state index contributed by atoms with van der Waals surface area (Å²) in [4.78, 5) is 38.7. The minimum Gasteiger partial charge on any atom is -0.490 e. The number of fused-ring (bicyclic) bond motifs is 1. The van der Waals surface area contributed by atoms with Crippen LogP contribution in [0.4, 0.5) is 4.79 Å². The molecule has 0 atom stereocenters. The number of hydrogen-bond acceptors (Lipinski definition) is 7. The molecule has 0 spiro atoms. The van der Waals surface area contributed by atoms with Gasteiger partial charge >= 0.3 is 5.97 Å². The smallest absolute Gasteiger partial charge is 0.343 e. The molecule has 7 nitrogen and oxygen atoms in total. The van der Waals surface area contributed by atoms with Crippen LogP contribution >= 0.6 is 27.7 Å². The maximum atomic E-state index is 13.1. The Kier molecular flexibility index (Phi) is 7.77. The van der Waals surface area contributed by atoms with Crippen LogP contribution in [0.1, 0.15) is 18.1 Å². The summed E-state index contributed by atoms with van der Waals surface area (Å²) in [6.07, 6.45) is 1.64. The van der Waals surface area contributed by atoms with Gasteiger partial charge in [0.25, 0.3) is 11.1 Å². The number of nitrogens with zero attached hydrogens (tertiary/aromatic N) is 1. The number of amides is 2. The lowest BCUT2D eigenvalue weighted by atomic mass is 10.1. The lowest BCUT2D eigenvalue weighted by Crippen LogP contribution is -2.27. The molecule has 0 aromatic heterocycles. The molecular formula is C26H22BrNO6S. The van der Waals surface area contributed by atoms with Crippen molar-refractivity contribution in [3.63, 3.8) is 0 Å². The molecule has 0 N–H and O–H groups in total. The van der Waals surface area contributed by atoms with E-state index in [2.05, 4.69) is 20.7 Å². The molecule has 180 valence electrons. The Morgan fingerprint density at radius 2 is 1.83 bits per heavy atom. The number of rotatable bonds is 8. The standard InChI is InChI=1S/C26H22BrNO6S/c1-3-33-21-12-17(11-20(27)24(21)34-15-23(29)32-2)13-22-25(30)28(26(31)35-22)14-16-8-9-18-6-4-5-7-19(18)10-16/h4-13H,3,14-15H2,1-2H3/b22-13-. The summed E-state index contributed by atoms with van der Waals surface area (Å²) < 4.78 is 16.4. The van der Waals surface area contributed by atoms with E-state index in [-0.39, 0.29) is 24.3 Å². The van der Waals surface area contributed by atoms with Crippen LogP contribution in [0.5, 0.6) is 11.5 Å². The van der Waals surface area contributed by atoms with Crippen LogP contribution in [0, 0.1) is 0 Å². The highest BCUT2D eigenvalue weighted by molar-refractivity contribution is 9.10. The first-order valence-corrected chi connectivity index (χ1v) is 12.4. The molecule has 0 radical (unpaired) electrons. The second-order valence-corrected chi connectivity index (χ2v) is 9.42. The molecule has 1 aliphatic heterocycles. The van der Waals surface area contributed by atoms with E-state index in [1.165, 1.54) is 12.0 Å². The highest BCUT2D eigenvalue weighted by Gasteiger charge is 2.35. The average Bonchev–Trinajstić information content (AvgIpc) is 3.10. The number of methoxy groups -OCH3 is 1. The number of imide groups is 1. The van der Waals surface area contributed by atoms with E-state index < -0.39 is 5.97 Å². The Labute approximate surface area is 215 Å². The Morgan fingerprint density at radius 3 is 2.57 bits per heavy atom. The summed E-state index contributed by atoms with van der Waals surface area (Å²) in [5, 5.41) is 1.83. The Hall–Kier alpha value is -3.30. The van der Waals surface area contributed by atoms with E-state index in [0.29, 0.717) is 33.0 Å². The van der Waals surface area contributed by atoms with Crippen molar-refractivity contribution < 1.29 is 28.6 Å². The molecule has 1 saturated heterocycles. The fraction of sp³-hybridized carbons (Fsp3) is 0.192. The third kappa shape index (κ3) is 5.68. The molecule has 3 aromatic carbocycles. The molecule has 1 fully saturated rings. The van der Waals surface area contributed by atoms with Gasteiger partial charge in [0, 0.05) is 0 Å². The van der Waals surface area contributed by atoms with Gasteiger partial charge in [-0.25, -0.2) is 4.79 Å². The Morgan fingerprint density at radius 1 is 1.06 bits per heavy atom. The molecule has 0 aliphatic carbocycles. The summed E-state index contributed by atoms with van der Waals surface area (Å²) >= 11 is 4.33. The van der Waals surface area contributed by atoms with Crippen LogP contribution < -0.4 is 9.47 Å². The van der Waals surface area contributed by atoms with Gasteiger partial charge in [-0.3, -0.25) is 14.5 Å². The summed E-state index contributed by atoms with van der Waals surface area (Å²) in [6, 6.07) is 17.3. The van der Waals surface area contributed by atoms with Gasteiger partial charge in [-0.1, -0.05) is 36.4 Å². The highest BCUT2D eigenvalue weighted by atomic mass is 79.9. The van der Waals surface area contributed by atoms with E-state index in [1.54, 1.807) is 18.2 Å². The van der Waals surface area contributed by atoms with Crippen LogP contribution in [-0.4, -0.2) is 42.3 Å². The van der Waals surface area contributed by atoms with E-state index in [0.717, 1.165) is 28.1 Å². The largest absolute Gasteiger partial charge is 0.490 e. The molecule has 0 bridgehead atoms. The van der Waals surface area contributed by atoms with Crippen LogP contribution in [0.3, 0.4) is 0 Å². The zero-order valence-electron chi connectivity index (χ0n) is 19.1. The van der Waals surface area contributed by atoms with Gasteiger partial charge < -0.3 is 14.2 Å². The summed E-state index contributed by atoms with van der Waals surface area (Å²) in [5.74, 6) is -0.136. The van der Waals surface area contributed by atoms with Crippen molar-refractivity contribution in [2.45, 2.75) is 13.5 Å². The molecule has 0 unspecified atom stereocenters. The quantitative estimate of drug-likeness (QED) is 0.257. The number of carbonyl (C=O) groups is 3. The predicted molar refractivity (Wildman–Crippen MR) is 138 cm³/mol. The second kappa shape index (κ2) is 11.0. The minimum absolute atomic E-state index is 0.195. The van der Waals surface area contributed by atoms with Crippen molar-refractivity contribution in [1.82, 2.24) is 4.90 Å². The van der Waals surface area contributed by atoms with Crippen molar-refractivity contribution in [3.05, 3.63) is 75.1 Å². The average molecular weight is 556 g/mol. The maximum Gasteiger partial charge on any atom is 0.343 e. The molecule has 3 aromatic rings. The van der Waals surface area contributed by atoms with Crippen molar-refractivity contribution in [2.75, 3.05) is 20.3 Å². The molecule has 9 heteroatoms. The summed E-state index contributed by atoms with van der Waals surface area (Å²) in [6.45, 7) is 2.11. The fourth-order valence-electron chi connectivity index (χ4n) is 3.57. The highest BCUT2D eigenvalue weighted by Crippen LogP contribution is 2.39. The third-order valence-corrected chi connectivity index (χ3v) is 6.72. The normalized spacial score (nSPS) is 14.6. The monoisotopic (exact) mass is 555 g/mol. The number of benzene rings is 3. The molecule has 0 saturated carbocycles. The lowest BCUT2D eigenvalue weighted by molar-refractivity contribution is -0.143. The number of esters is 1. The third-order valence-electron chi connectivity index (χ3n) is 5.22. The van der Waals surface area contributed by atoms with E-state index in [4.69, 9.17) is 9.47 Å². The van der Waals surface area contributed by atoms with Crippen LogP contribution in [-0.2, 0) is 20.9 Å². The Bertz CT molecular complexity index is 1340. The topological polar surface area (TPSA) is 82.1 Å². The van der Waals surface area contributed by atoms with Crippen molar-refractivity contribution >= 4 is 61.7 Å². The number of hydrogen-bond donors (Lipinski definition) is 0. The fourth-order valence-corrected chi connectivity index (χ4v) is 4.98. The van der Waals surface area contributed by atoms with Gasteiger partial charge in [0.05, 0.1) is 29.6 Å². The van der Waals surface area contributed by atoms with E-state index in [9.17, 15) is 14.4 Å². The SMILES string of the molecule is CCOc1cc(/C=C2\SC(=O)N(Cc3ccc4ccccc4c3)C2=O)cc(Br)c1OCC(=O)OC. The van der Waals surface area contributed by atoms with E-state index >= 15 is 0 Å².